The number of carbonyl (C=O) groups is 1. The van der Waals surface area contributed by atoms with Gasteiger partial charge in [0, 0.05) is 32.6 Å². The molecule has 2 rings (SSSR count). The maximum absolute atomic E-state index is 13.0. The Bertz CT molecular complexity index is 451. The zero-order valence-corrected chi connectivity index (χ0v) is 12.0. The predicted octanol–water partition coefficient (Wildman–Crippen LogP) is 2.14. The van der Waals surface area contributed by atoms with Crippen molar-refractivity contribution in [1.29, 1.82) is 0 Å². The standard InChI is InChI=1S/C14H18F2N2O.ClH/c15-12-5-4-11(10-13(12)16)2-1-3-14(19)18-8-6-17-7-9-18;/h4-5,10,17H,1-3,6-9H2;1H. The van der Waals surface area contributed by atoms with E-state index in [1.54, 1.807) is 6.07 Å². The summed E-state index contributed by atoms with van der Waals surface area (Å²) in [7, 11) is 0. The van der Waals surface area contributed by atoms with Gasteiger partial charge in [-0.25, -0.2) is 8.78 Å². The van der Waals surface area contributed by atoms with Gasteiger partial charge in [0.25, 0.3) is 0 Å². The van der Waals surface area contributed by atoms with Crippen LogP contribution in [0.5, 0.6) is 0 Å². The highest BCUT2D eigenvalue weighted by molar-refractivity contribution is 5.85. The average Bonchev–Trinajstić information content (AvgIpc) is 2.43. The molecule has 1 aromatic rings. The van der Waals surface area contributed by atoms with Crippen LogP contribution in [0.15, 0.2) is 18.2 Å². The fourth-order valence-electron chi connectivity index (χ4n) is 2.21. The van der Waals surface area contributed by atoms with E-state index in [2.05, 4.69) is 5.32 Å². The first-order chi connectivity index (χ1) is 9.16. The summed E-state index contributed by atoms with van der Waals surface area (Å²) in [5, 5.41) is 3.19. The number of piperazine rings is 1. The Morgan fingerprint density at radius 2 is 1.90 bits per heavy atom. The van der Waals surface area contributed by atoms with Crippen molar-refractivity contribution in [2.45, 2.75) is 19.3 Å². The van der Waals surface area contributed by atoms with Gasteiger partial charge in [-0.05, 0) is 30.5 Å². The largest absolute Gasteiger partial charge is 0.340 e. The zero-order chi connectivity index (χ0) is 13.7. The Labute approximate surface area is 123 Å². The van der Waals surface area contributed by atoms with Gasteiger partial charge >= 0.3 is 0 Å². The summed E-state index contributed by atoms with van der Waals surface area (Å²) in [5.74, 6) is -1.52. The van der Waals surface area contributed by atoms with Crippen molar-refractivity contribution in [1.82, 2.24) is 10.2 Å². The molecule has 0 atom stereocenters. The van der Waals surface area contributed by atoms with Crippen LogP contribution in [0.4, 0.5) is 8.78 Å². The smallest absolute Gasteiger partial charge is 0.222 e. The van der Waals surface area contributed by atoms with Crippen molar-refractivity contribution in [3.05, 3.63) is 35.4 Å². The van der Waals surface area contributed by atoms with Gasteiger partial charge in [-0.3, -0.25) is 4.79 Å². The Morgan fingerprint density at radius 3 is 2.55 bits per heavy atom. The number of benzene rings is 1. The second-order valence-corrected chi connectivity index (χ2v) is 4.73. The van der Waals surface area contributed by atoms with E-state index >= 15 is 0 Å². The monoisotopic (exact) mass is 304 g/mol. The Hall–Kier alpha value is -1.20. The van der Waals surface area contributed by atoms with Crippen molar-refractivity contribution in [3.8, 4) is 0 Å². The van der Waals surface area contributed by atoms with Gasteiger partial charge in [0.05, 0.1) is 0 Å². The lowest BCUT2D eigenvalue weighted by atomic mass is 10.1. The number of halogens is 3. The lowest BCUT2D eigenvalue weighted by Gasteiger charge is -2.27. The molecule has 0 saturated carbocycles. The van der Waals surface area contributed by atoms with Gasteiger partial charge in [-0.1, -0.05) is 6.07 Å². The maximum atomic E-state index is 13.0. The predicted molar refractivity (Wildman–Crippen MR) is 76.0 cm³/mol. The molecule has 3 nitrogen and oxygen atoms in total. The fourth-order valence-corrected chi connectivity index (χ4v) is 2.21. The van der Waals surface area contributed by atoms with Crippen LogP contribution >= 0.6 is 12.4 Å². The molecular weight excluding hydrogens is 286 g/mol. The first-order valence-electron chi connectivity index (χ1n) is 6.59. The van der Waals surface area contributed by atoms with E-state index in [1.165, 1.54) is 6.07 Å². The van der Waals surface area contributed by atoms with E-state index in [4.69, 9.17) is 0 Å². The summed E-state index contributed by atoms with van der Waals surface area (Å²) in [6.07, 6.45) is 1.71. The molecule has 1 saturated heterocycles. The van der Waals surface area contributed by atoms with Crippen LogP contribution in [-0.2, 0) is 11.2 Å². The van der Waals surface area contributed by atoms with Gasteiger partial charge in [-0.15, -0.1) is 12.4 Å². The molecule has 0 aromatic heterocycles. The first kappa shape index (κ1) is 16.9. The van der Waals surface area contributed by atoms with E-state index in [9.17, 15) is 13.6 Å². The molecule has 0 radical (unpaired) electrons. The number of hydrogen-bond donors (Lipinski definition) is 1. The molecule has 1 fully saturated rings. The first-order valence-corrected chi connectivity index (χ1v) is 6.59. The summed E-state index contributed by atoms with van der Waals surface area (Å²) in [4.78, 5) is 13.7. The molecular formula is C14H19ClF2N2O. The number of hydrogen-bond acceptors (Lipinski definition) is 2. The number of amides is 1. The topological polar surface area (TPSA) is 32.3 Å². The highest BCUT2D eigenvalue weighted by atomic mass is 35.5. The third kappa shape index (κ3) is 4.72. The number of carbonyl (C=O) groups excluding carboxylic acids is 1. The maximum Gasteiger partial charge on any atom is 0.222 e. The third-order valence-corrected chi connectivity index (χ3v) is 3.31. The lowest BCUT2D eigenvalue weighted by molar-refractivity contribution is -0.131. The van der Waals surface area contributed by atoms with Gasteiger partial charge in [0.1, 0.15) is 0 Å². The SMILES string of the molecule is Cl.O=C(CCCc1ccc(F)c(F)c1)N1CCNCC1. The van der Waals surface area contributed by atoms with Crippen LogP contribution < -0.4 is 5.32 Å². The molecule has 0 spiro atoms. The van der Waals surface area contributed by atoms with Gasteiger partial charge in [0.2, 0.25) is 5.91 Å². The molecule has 0 aliphatic carbocycles. The minimum Gasteiger partial charge on any atom is -0.340 e. The summed E-state index contributed by atoms with van der Waals surface area (Å²) in [5.41, 5.74) is 0.729. The average molecular weight is 305 g/mol. The van der Waals surface area contributed by atoms with Gasteiger partial charge in [0.15, 0.2) is 11.6 Å². The molecule has 0 unspecified atom stereocenters. The van der Waals surface area contributed by atoms with E-state index in [1.807, 2.05) is 4.90 Å². The molecule has 0 bridgehead atoms. The van der Waals surface area contributed by atoms with Crippen LogP contribution in [0.2, 0.25) is 0 Å². The van der Waals surface area contributed by atoms with Crippen LogP contribution in [-0.4, -0.2) is 37.0 Å². The molecule has 1 heterocycles. The van der Waals surface area contributed by atoms with E-state index < -0.39 is 11.6 Å². The molecule has 6 heteroatoms. The fraction of sp³-hybridized carbons (Fsp3) is 0.500. The van der Waals surface area contributed by atoms with Crippen molar-refractivity contribution < 1.29 is 13.6 Å². The van der Waals surface area contributed by atoms with Gasteiger partial charge < -0.3 is 10.2 Å². The second-order valence-electron chi connectivity index (χ2n) is 4.73. The van der Waals surface area contributed by atoms with E-state index in [0.717, 1.165) is 37.8 Å². The summed E-state index contributed by atoms with van der Waals surface area (Å²) in [6.45, 7) is 3.19. The van der Waals surface area contributed by atoms with E-state index in [-0.39, 0.29) is 18.3 Å². The molecule has 1 N–H and O–H groups in total. The summed E-state index contributed by atoms with van der Waals surface area (Å²) >= 11 is 0. The Morgan fingerprint density at radius 1 is 1.20 bits per heavy atom. The Balaban J connectivity index is 0.00000200. The molecule has 1 amide bonds. The quantitative estimate of drug-likeness (QED) is 0.924. The molecule has 1 aromatic carbocycles. The van der Waals surface area contributed by atoms with Crippen LogP contribution in [0.25, 0.3) is 0 Å². The molecule has 1 aliphatic rings. The van der Waals surface area contributed by atoms with Crippen LogP contribution in [0.3, 0.4) is 0 Å². The van der Waals surface area contributed by atoms with Gasteiger partial charge in [-0.2, -0.15) is 0 Å². The minimum atomic E-state index is -0.833. The van der Waals surface area contributed by atoms with Crippen LogP contribution in [0, 0.1) is 11.6 Å². The number of nitrogens with one attached hydrogen (secondary N) is 1. The zero-order valence-electron chi connectivity index (χ0n) is 11.2. The number of rotatable bonds is 4. The second kappa shape index (κ2) is 8.17. The number of aryl methyl sites for hydroxylation is 1. The normalized spacial score (nSPS) is 14.8. The van der Waals surface area contributed by atoms with E-state index in [0.29, 0.717) is 19.3 Å². The summed E-state index contributed by atoms with van der Waals surface area (Å²) in [6, 6.07) is 3.89. The Kier molecular flexibility index (Phi) is 6.88. The summed E-state index contributed by atoms with van der Waals surface area (Å²) < 4.78 is 25.7. The molecule has 112 valence electrons. The van der Waals surface area contributed by atoms with Crippen molar-refractivity contribution >= 4 is 18.3 Å². The highest BCUT2D eigenvalue weighted by Crippen LogP contribution is 2.12. The van der Waals surface area contributed by atoms with Crippen molar-refractivity contribution in [2.24, 2.45) is 0 Å². The van der Waals surface area contributed by atoms with Crippen LogP contribution in [0.1, 0.15) is 18.4 Å². The molecule has 1 aliphatic heterocycles. The van der Waals surface area contributed by atoms with Crippen molar-refractivity contribution in [2.75, 3.05) is 26.2 Å². The van der Waals surface area contributed by atoms with Crippen molar-refractivity contribution in [3.63, 3.8) is 0 Å². The third-order valence-electron chi connectivity index (χ3n) is 3.31. The lowest BCUT2D eigenvalue weighted by Crippen LogP contribution is -2.46. The number of nitrogens with zero attached hydrogens (tertiary/aromatic N) is 1. The minimum absolute atomic E-state index is 0. The molecule has 20 heavy (non-hydrogen) atoms. The highest BCUT2D eigenvalue weighted by Gasteiger charge is 2.15.